The van der Waals surface area contributed by atoms with Gasteiger partial charge in [0, 0.05) is 6.54 Å². The first-order chi connectivity index (χ1) is 8.24. The third kappa shape index (κ3) is 5.63. The minimum Gasteiger partial charge on any atom is -0.362 e. The molecule has 1 aromatic rings. The summed E-state index contributed by atoms with van der Waals surface area (Å²) in [6, 6.07) is 6.50. The van der Waals surface area contributed by atoms with Crippen LogP contribution in [0.25, 0.3) is 0 Å². The van der Waals surface area contributed by atoms with Crippen molar-refractivity contribution in [2.75, 3.05) is 11.9 Å². The highest BCUT2D eigenvalue weighted by Crippen LogP contribution is 2.11. The lowest BCUT2D eigenvalue weighted by Gasteiger charge is -2.10. The molecule has 0 radical (unpaired) electrons. The van der Waals surface area contributed by atoms with Gasteiger partial charge in [0.05, 0.1) is 5.69 Å². The van der Waals surface area contributed by atoms with Crippen molar-refractivity contribution in [3.63, 3.8) is 0 Å². The van der Waals surface area contributed by atoms with Gasteiger partial charge < -0.3 is 10.6 Å². The number of halogens is 1. The Morgan fingerprint density at radius 3 is 2.71 bits per heavy atom. The molecular weight excluding hydrogens is 235 g/mol. The molecular formula is C13H19FN2S. The van der Waals surface area contributed by atoms with Crippen molar-refractivity contribution < 1.29 is 4.39 Å². The summed E-state index contributed by atoms with van der Waals surface area (Å²) < 4.78 is 13.3. The van der Waals surface area contributed by atoms with Crippen molar-refractivity contribution in [1.82, 2.24) is 5.32 Å². The van der Waals surface area contributed by atoms with Crippen LogP contribution in [0.3, 0.4) is 0 Å². The highest BCUT2D eigenvalue weighted by molar-refractivity contribution is 7.80. The Balaban J connectivity index is 2.23. The molecule has 0 aliphatic heterocycles. The molecule has 0 saturated carbocycles. The fourth-order valence-electron chi connectivity index (χ4n) is 1.48. The molecule has 4 heteroatoms. The van der Waals surface area contributed by atoms with Crippen LogP contribution in [0.5, 0.6) is 0 Å². The second kappa shape index (κ2) is 8.01. The molecule has 0 bridgehead atoms. The molecule has 0 spiro atoms. The zero-order valence-electron chi connectivity index (χ0n) is 10.1. The van der Waals surface area contributed by atoms with Crippen LogP contribution < -0.4 is 10.6 Å². The Hall–Kier alpha value is -1.16. The molecule has 94 valence electrons. The Kier molecular flexibility index (Phi) is 6.55. The van der Waals surface area contributed by atoms with E-state index in [1.54, 1.807) is 18.2 Å². The summed E-state index contributed by atoms with van der Waals surface area (Å²) in [6.45, 7) is 3.01. The summed E-state index contributed by atoms with van der Waals surface area (Å²) in [5.41, 5.74) is 0.415. The van der Waals surface area contributed by atoms with E-state index in [4.69, 9.17) is 12.2 Å². The second-order valence-electron chi connectivity index (χ2n) is 3.92. The standard InChI is InChI=1S/C13H19FN2S/c1-2-3-4-7-10-15-13(17)16-12-9-6-5-8-11(12)14/h5-6,8-9H,2-4,7,10H2,1H3,(H2,15,16,17). The van der Waals surface area contributed by atoms with Crippen LogP contribution in [0.4, 0.5) is 10.1 Å². The number of anilines is 1. The smallest absolute Gasteiger partial charge is 0.170 e. The van der Waals surface area contributed by atoms with Crippen molar-refractivity contribution >= 4 is 23.0 Å². The SMILES string of the molecule is CCCCCCNC(=S)Nc1ccccc1F. The Morgan fingerprint density at radius 2 is 2.00 bits per heavy atom. The van der Waals surface area contributed by atoms with Gasteiger partial charge in [-0.05, 0) is 30.8 Å². The number of thiocarbonyl (C=S) groups is 1. The molecule has 0 aliphatic rings. The number of hydrogen-bond donors (Lipinski definition) is 2. The summed E-state index contributed by atoms with van der Waals surface area (Å²) in [6.07, 6.45) is 4.76. The summed E-state index contributed by atoms with van der Waals surface area (Å²) in [7, 11) is 0. The van der Waals surface area contributed by atoms with Crippen LogP contribution in [0, 0.1) is 5.82 Å². The van der Waals surface area contributed by atoms with Crippen molar-refractivity contribution in [1.29, 1.82) is 0 Å². The molecule has 0 aromatic heterocycles. The van der Waals surface area contributed by atoms with Crippen molar-refractivity contribution in [2.24, 2.45) is 0 Å². The molecule has 2 N–H and O–H groups in total. The van der Waals surface area contributed by atoms with E-state index < -0.39 is 0 Å². The predicted octanol–water partition coefficient (Wildman–Crippen LogP) is 3.69. The van der Waals surface area contributed by atoms with E-state index in [0.717, 1.165) is 13.0 Å². The normalized spacial score (nSPS) is 10.0. The average molecular weight is 254 g/mol. The molecule has 0 fully saturated rings. The lowest BCUT2D eigenvalue weighted by atomic mass is 10.2. The van der Waals surface area contributed by atoms with Crippen molar-refractivity contribution in [3.05, 3.63) is 30.1 Å². The topological polar surface area (TPSA) is 24.1 Å². The van der Waals surface area contributed by atoms with Gasteiger partial charge >= 0.3 is 0 Å². The van der Waals surface area contributed by atoms with Crippen LogP contribution in [0.2, 0.25) is 0 Å². The van der Waals surface area contributed by atoms with Crippen LogP contribution in [-0.2, 0) is 0 Å². The number of hydrogen-bond acceptors (Lipinski definition) is 1. The summed E-state index contributed by atoms with van der Waals surface area (Å²) >= 11 is 5.08. The van der Waals surface area contributed by atoms with Gasteiger partial charge in [-0.25, -0.2) is 4.39 Å². The number of rotatable bonds is 6. The number of para-hydroxylation sites is 1. The molecule has 2 nitrogen and oxygen atoms in total. The number of benzene rings is 1. The van der Waals surface area contributed by atoms with Gasteiger partial charge in [0.1, 0.15) is 5.82 Å². The zero-order valence-corrected chi connectivity index (χ0v) is 10.9. The van der Waals surface area contributed by atoms with Gasteiger partial charge in [-0.3, -0.25) is 0 Å². The van der Waals surface area contributed by atoms with Gasteiger partial charge in [0.2, 0.25) is 0 Å². The zero-order chi connectivity index (χ0) is 12.5. The van der Waals surface area contributed by atoms with Gasteiger partial charge in [-0.15, -0.1) is 0 Å². The summed E-state index contributed by atoms with van der Waals surface area (Å²) in [5.74, 6) is -0.289. The lowest BCUT2D eigenvalue weighted by Crippen LogP contribution is -2.29. The molecule has 0 saturated heterocycles. The molecule has 1 rings (SSSR count). The largest absolute Gasteiger partial charge is 0.362 e. The first kappa shape index (κ1) is 13.9. The van der Waals surface area contributed by atoms with E-state index in [2.05, 4.69) is 17.6 Å². The molecule has 0 atom stereocenters. The average Bonchev–Trinajstić information content (AvgIpc) is 2.32. The first-order valence-corrected chi connectivity index (χ1v) is 6.44. The van der Waals surface area contributed by atoms with E-state index in [9.17, 15) is 4.39 Å². The van der Waals surface area contributed by atoms with E-state index in [-0.39, 0.29) is 5.82 Å². The van der Waals surface area contributed by atoms with E-state index in [0.29, 0.717) is 10.8 Å². The Morgan fingerprint density at radius 1 is 1.24 bits per heavy atom. The number of unbranched alkanes of at least 4 members (excludes halogenated alkanes) is 3. The molecule has 1 aromatic carbocycles. The highest BCUT2D eigenvalue weighted by atomic mass is 32.1. The lowest BCUT2D eigenvalue weighted by molar-refractivity contribution is 0.631. The third-order valence-corrected chi connectivity index (χ3v) is 2.68. The Labute approximate surface area is 108 Å². The summed E-state index contributed by atoms with van der Waals surface area (Å²) in [5, 5.41) is 6.40. The van der Waals surface area contributed by atoms with Gasteiger partial charge in [0.25, 0.3) is 0 Å². The third-order valence-electron chi connectivity index (χ3n) is 2.44. The van der Waals surface area contributed by atoms with Gasteiger partial charge in [-0.2, -0.15) is 0 Å². The maximum atomic E-state index is 13.3. The van der Waals surface area contributed by atoms with Crippen molar-refractivity contribution in [2.45, 2.75) is 32.6 Å². The fourth-order valence-corrected chi connectivity index (χ4v) is 1.69. The minimum atomic E-state index is -0.289. The maximum absolute atomic E-state index is 13.3. The van der Waals surface area contributed by atoms with Crippen LogP contribution in [0.1, 0.15) is 32.6 Å². The second-order valence-corrected chi connectivity index (χ2v) is 4.33. The monoisotopic (exact) mass is 254 g/mol. The van der Waals surface area contributed by atoms with E-state index in [1.165, 1.54) is 25.3 Å². The predicted molar refractivity (Wildman–Crippen MR) is 74.8 cm³/mol. The molecule has 0 aliphatic carbocycles. The van der Waals surface area contributed by atoms with Crippen molar-refractivity contribution in [3.8, 4) is 0 Å². The minimum absolute atomic E-state index is 0.289. The van der Waals surface area contributed by atoms with Gasteiger partial charge in [0.15, 0.2) is 5.11 Å². The van der Waals surface area contributed by atoms with Crippen LogP contribution in [-0.4, -0.2) is 11.7 Å². The highest BCUT2D eigenvalue weighted by Gasteiger charge is 2.01. The maximum Gasteiger partial charge on any atom is 0.170 e. The number of nitrogens with one attached hydrogen (secondary N) is 2. The Bertz CT molecular complexity index is 355. The fraction of sp³-hybridized carbons (Fsp3) is 0.462. The summed E-state index contributed by atoms with van der Waals surface area (Å²) in [4.78, 5) is 0. The molecule has 0 unspecified atom stereocenters. The quantitative estimate of drug-likeness (QED) is 0.598. The van der Waals surface area contributed by atoms with E-state index >= 15 is 0 Å². The van der Waals surface area contributed by atoms with E-state index in [1.807, 2.05) is 0 Å². The van der Waals surface area contributed by atoms with Gasteiger partial charge in [-0.1, -0.05) is 38.3 Å². The van der Waals surface area contributed by atoms with Crippen LogP contribution in [0.15, 0.2) is 24.3 Å². The molecule has 0 heterocycles. The van der Waals surface area contributed by atoms with Crippen LogP contribution >= 0.6 is 12.2 Å². The molecule has 17 heavy (non-hydrogen) atoms. The molecule has 0 amide bonds. The first-order valence-electron chi connectivity index (χ1n) is 6.03.